The third kappa shape index (κ3) is 5.22. The van der Waals surface area contributed by atoms with Gasteiger partial charge in [0.05, 0.1) is 22.9 Å². The Labute approximate surface area is 172 Å². The van der Waals surface area contributed by atoms with Crippen molar-refractivity contribution in [2.24, 2.45) is 0 Å². The van der Waals surface area contributed by atoms with Gasteiger partial charge in [-0.05, 0) is 48.9 Å². The number of amides is 1. The van der Waals surface area contributed by atoms with Gasteiger partial charge in [0.1, 0.15) is 5.75 Å². The van der Waals surface area contributed by atoms with Crippen molar-refractivity contribution in [2.45, 2.75) is 19.8 Å². The molecule has 4 nitrogen and oxygen atoms in total. The van der Waals surface area contributed by atoms with E-state index in [4.69, 9.17) is 27.9 Å². The van der Waals surface area contributed by atoms with E-state index >= 15 is 0 Å². The zero-order valence-corrected chi connectivity index (χ0v) is 17.0. The van der Waals surface area contributed by atoms with Crippen LogP contribution in [0.2, 0.25) is 10.0 Å². The molecular formula is C20H18Cl2N2O2S. The first-order chi connectivity index (χ1) is 13.1. The van der Waals surface area contributed by atoms with Crippen molar-refractivity contribution in [1.82, 2.24) is 4.98 Å². The first-order valence-electron chi connectivity index (χ1n) is 8.52. The molecule has 0 bridgehead atoms. The van der Waals surface area contributed by atoms with Crippen molar-refractivity contribution in [3.05, 3.63) is 63.5 Å². The lowest BCUT2D eigenvalue weighted by molar-refractivity contribution is 0.102. The maximum absolute atomic E-state index is 12.4. The van der Waals surface area contributed by atoms with Gasteiger partial charge >= 0.3 is 0 Å². The number of carbonyl (C=O) groups is 1. The molecule has 0 aliphatic carbocycles. The molecule has 140 valence electrons. The summed E-state index contributed by atoms with van der Waals surface area (Å²) in [5, 5.41) is 5.95. The largest absolute Gasteiger partial charge is 0.494 e. The van der Waals surface area contributed by atoms with Crippen LogP contribution in [0.4, 0.5) is 5.13 Å². The molecule has 0 radical (unpaired) electrons. The fourth-order valence-electron chi connectivity index (χ4n) is 2.36. The molecule has 0 saturated carbocycles. The molecule has 1 N–H and O–H groups in total. The molecule has 1 heterocycles. The van der Waals surface area contributed by atoms with Crippen LogP contribution in [0.3, 0.4) is 0 Å². The normalized spacial score (nSPS) is 10.6. The zero-order valence-electron chi connectivity index (χ0n) is 14.7. The van der Waals surface area contributed by atoms with E-state index in [1.165, 1.54) is 17.4 Å². The lowest BCUT2D eigenvalue weighted by atomic mass is 10.2. The van der Waals surface area contributed by atoms with E-state index in [9.17, 15) is 4.79 Å². The van der Waals surface area contributed by atoms with Crippen molar-refractivity contribution < 1.29 is 9.53 Å². The molecule has 0 spiro atoms. The minimum atomic E-state index is -0.322. The summed E-state index contributed by atoms with van der Waals surface area (Å²) in [6.45, 7) is 2.85. The van der Waals surface area contributed by atoms with Gasteiger partial charge in [-0.15, -0.1) is 11.3 Å². The van der Waals surface area contributed by atoms with Crippen LogP contribution in [0, 0.1) is 0 Å². The Bertz CT molecular complexity index is 926. The molecule has 0 unspecified atom stereocenters. The fraction of sp³-hybridized carbons (Fsp3) is 0.200. The Kier molecular flexibility index (Phi) is 6.72. The predicted molar refractivity (Wildman–Crippen MR) is 112 cm³/mol. The second-order valence-electron chi connectivity index (χ2n) is 5.84. The molecular weight excluding hydrogens is 403 g/mol. The highest BCUT2D eigenvalue weighted by Gasteiger charge is 2.13. The quantitative estimate of drug-likeness (QED) is 0.440. The summed E-state index contributed by atoms with van der Waals surface area (Å²) in [7, 11) is 0. The standard InChI is InChI=1S/C20H18Cl2N2O2S/c1-2-3-10-26-15-7-4-13(5-8-15)18-12-27-20(23-18)24-19(25)16-9-6-14(21)11-17(16)22/h4-9,11-12H,2-3,10H2,1H3,(H,23,24,25). The van der Waals surface area contributed by atoms with E-state index in [2.05, 4.69) is 17.2 Å². The number of unbranched alkanes of at least 4 members (excludes halogenated alkanes) is 1. The predicted octanol–water partition coefficient (Wildman–Crippen LogP) is 6.55. The number of aromatic nitrogens is 1. The molecule has 3 aromatic rings. The Balaban J connectivity index is 1.66. The van der Waals surface area contributed by atoms with E-state index in [-0.39, 0.29) is 5.91 Å². The van der Waals surface area contributed by atoms with Gasteiger partial charge in [0.15, 0.2) is 5.13 Å². The SMILES string of the molecule is CCCCOc1ccc(-c2csc(NC(=O)c3ccc(Cl)cc3Cl)n2)cc1. The van der Waals surface area contributed by atoms with E-state index < -0.39 is 0 Å². The van der Waals surface area contributed by atoms with Gasteiger partial charge < -0.3 is 4.74 Å². The number of nitrogens with zero attached hydrogens (tertiary/aromatic N) is 1. The van der Waals surface area contributed by atoms with Crippen LogP contribution >= 0.6 is 34.5 Å². The number of nitrogens with one attached hydrogen (secondary N) is 1. The number of rotatable bonds is 7. The van der Waals surface area contributed by atoms with E-state index in [1.54, 1.807) is 12.1 Å². The molecule has 0 saturated heterocycles. The molecule has 2 aromatic carbocycles. The minimum absolute atomic E-state index is 0.301. The smallest absolute Gasteiger partial charge is 0.258 e. The van der Waals surface area contributed by atoms with E-state index in [0.717, 1.165) is 36.5 Å². The highest BCUT2D eigenvalue weighted by Crippen LogP contribution is 2.28. The lowest BCUT2D eigenvalue weighted by Crippen LogP contribution is -2.12. The van der Waals surface area contributed by atoms with Crippen molar-refractivity contribution >= 4 is 45.6 Å². The highest BCUT2D eigenvalue weighted by atomic mass is 35.5. The number of thiazole rings is 1. The third-order valence-corrected chi connectivity index (χ3v) is 5.12. The highest BCUT2D eigenvalue weighted by molar-refractivity contribution is 7.14. The van der Waals surface area contributed by atoms with Gasteiger partial charge in [-0.1, -0.05) is 36.5 Å². The van der Waals surface area contributed by atoms with Crippen molar-refractivity contribution in [3.8, 4) is 17.0 Å². The zero-order chi connectivity index (χ0) is 19.2. The topological polar surface area (TPSA) is 51.2 Å². The summed E-state index contributed by atoms with van der Waals surface area (Å²) in [6.07, 6.45) is 2.14. The van der Waals surface area contributed by atoms with Gasteiger partial charge in [-0.3, -0.25) is 10.1 Å². The number of benzene rings is 2. The molecule has 0 atom stereocenters. The summed E-state index contributed by atoms with van der Waals surface area (Å²) in [4.78, 5) is 16.8. The second-order valence-corrected chi connectivity index (χ2v) is 7.54. The van der Waals surface area contributed by atoms with Crippen LogP contribution in [0.15, 0.2) is 47.8 Å². The summed E-state index contributed by atoms with van der Waals surface area (Å²) >= 11 is 13.3. The monoisotopic (exact) mass is 420 g/mol. The Morgan fingerprint density at radius 3 is 2.67 bits per heavy atom. The number of hydrogen-bond acceptors (Lipinski definition) is 4. The Morgan fingerprint density at radius 2 is 1.96 bits per heavy atom. The molecule has 1 aromatic heterocycles. The number of carbonyl (C=O) groups excluding carboxylic acids is 1. The summed E-state index contributed by atoms with van der Waals surface area (Å²) in [5.41, 5.74) is 2.10. The number of anilines is 1. The van der Waals surface area contributed by atoms with Gasteiger partial charge in [0.25, 0.3) is 5.91 Å². The molecule has 7 heteroatoms. The lowest BCUT2D eigenvalue weighted by Gasteiger charge is -2.06. The Morgan fingerprint density at radius 1 is 1.19 bits per heavy atom. The second kappa shape index (κ2) is 9.22. The van der Waals surface area contributed by atoms with Gasteiger partial charge in [0.2, 0.25) is 0 Å². The van der Waals surface area contributed by atoms with Crippen molar-refractivity contribution in [1.29, 1.82) is 0 Å². The van der Waals surface area contributed by atoms with Crippen LogP contribution in [0.1, 0.15) is 30.1 Å². The van der Waals surface area contributed by atoms with Crippen LogP contribution in [-0.4, -0.2) is 17.5 Å². The maximum Gasteiger partial charge on any atom is 0.258 e. The van der Waals surface area contributed by atoms with Crippen LogP contribution in [0.25, 0.3) is 11.3 Å². The first kappa shape index (κ1) is 19.7. The summed E-state index contributed by atoms with van der Waals surface area (Å²) in [6, 6.07) is 12.5. The maximum atomic E-state index is 12.4. The van der Waals surface area contributed by atoms with Gasteiger partial charge in [-0.2, -0.15) is 0 Å². The van der Waals surface area contributed by atoms with Gasteiger partial charge in [-0.25, -0.2) is 4.98 Å². The van der Waals surface area contributed by atoms with Gasteiger partial charge in [0, 0.05) is 16.0 Å². The summed E-state index contributed by atoms with van der Waals surface area (Å²) < 4.78 is 5.67. The van der Waals surface area contributed by atoms with Crippen molar-refractivity contribution in [2.75, 3.05) is 11.9 Å². The molecule has 0 fully saturated rings. The molecule has 0 aliphatic rings. The van der Waals surface area contributed by atoms with E-state index in [1.807, 2.05) is 29.6 Å². The summed E-state index contributed by atoms with van der Waals surface area (Å²) in [5.74, 6) is 0.519. The van der Waals surface area contributed by atoms with Crippen LogP contribution in [-0.2, 0) is 0 Å². The molecule has 0 aliphatic heterocycles. The number of halogens is 2. The average Bonchev–Trinajstić information content (AvgIpc) is 3.11. The number of ether oxygens (including phenoxy) is 1. The van der Waals surface area contributed by atoms with Crippen LogP contribution in [0.5, 0.6) is 5.75 Å². The average molecular weight is 421 g/mol. The fourth-order valence-corrected chi connectivity index (χ4v) is 3.57. The van der Waals surface area contributed by atoms with Crippen LogP contribution < -0.4 is 10.1 Å². The Hall–Kier alpha value is -2.08. The van der Waals surface area contributed by atoms with E-state index in [0.29, 0.717) is 20.7 Å². The molecule has 27 heavy (non-hydrogen) atoms. The third-order valence-electron chi connectivity index (χ3n) is 3.82. The number of hydrogen-bond donors (Lipinski definition) is 1. The molecule has 1 amide bonds. The first-order valence-corrected chi connectivity index (χ1v) is 10.2. The molecule has 3 rings (SSSR count). The minimum Gasteiger partial charge on any atom is -0.494 e. The van der Waals surface area contributed by atoms with Crippen molar-refractivity contribution in [3.63, 3.8) is 0 Å².